The fraction of sp³-hybridized carbons (Fsp3) is 0.500. The zero-order chi connectivity index (χ0) is 21.2. The molecule has 0 aliphatic carbocycles. The van der Waals surface area contributed by atoms with Gasteiger partial charge in [-0.25, -0.2) is 4.98 Å². The van der Waals surface area contributed by atoms with Crippen LogP contribution in [0.2, 0.25) is 0 Å². The summed E-state index contributed by atoms with van der Waals surface area (Å²) in [6, 6.07) is 11.1. The highest BCUT2D eigenvalue weighted by Gasteiger charge is 2.24. The minimum Gasteiger partial charge on any atom is -0.357 e. The first-order valence-corrected chi connectivity index (χ1v) is 11.5. The molecule has 1 saturated heterocycles. The summed E-state index contributed by atoms with van der Waals surface area (Å²) in [5.74, 6) is 0.730. The standard InChI is InChI=1S/C22H32N6OS/c1-3-23-22(25-12-11-24-21(29)20-17(2)27-16-30-20)26-14-19-10-7-13-28(19)15-18-8-5-4-6-9-18/h4-6,8-9,16,19H,3,7,10-15H2,1-2H3,(H,24,29)(H2,23,25,26). The van der Waals surface area contributed by atoms with Crippen molar-refractivity contribution < 1.29 is 4.79 Å². The first kappa shape index (κ1) is 22.2. The fourth-order valence-corrected chi connectivity index (χ4v) is 4.34. The normalized spacial score (nSPS) is 17.1. The fourth-order valence-electron chi connectivity index (χ4n) is 3.62. The van der Waals surface area contributed by atoms with Gasteiger partial charge in [0.05, 0.1) is 17.7 Å². The van der Waals surface area contributed by atoms with Gasteiger partial charge in [0.25, 0.3) is 5.91 Å². The molecule has 3 rings (SSSR count). The van der Waals surface area contributed by atoms with E-state index in [0.717, 1.165) is 37.8 Å². The Morgan fingerprint density at radius 2 is 2.03 bits per heavy atom. The second kappa shape index (κ2) is 11.7. The van der Waals surface area contributed by atoms with Crippen LogP contribution in [0.4, 0.5) is 0 Å². The van der Waals surface area contributed by atoms with Crippen molar-refractivity contribution in [2.45, 2.75) is 39.3 Å². The molecule has 1 fully saturated rings. The molecule has 0 spiro atoms. The van der Waals surface area contributed by atoms with Crippen LogP contribution < -0.4 is 16.0 Å². The Balaban J connectivity index is 1.45. The first-order valence-electron chi connectivity index (χ1n) is 10.7. The van der Waals surface area contributed by atoms with Crippen LogP contribution in [0.1, 0.15) is 40.7 Å². The van der Waals surface area contributed by atoms with E-state index in [2.05, 4.69) is 63.1 Å². The topological polar surface area (TPSA) is 81.7 Å². The molecule has 3 N–H and O–H groups in total. The lowest BCUT2D eigenvalue weighted by atomic mass is 10.2. The van der Waals surface area contributed by atoms with Crippen LogP contribution in [0.25, 0.3) is 0 Å². The maximum Gasteiger partial charge on any atom is 0.263 e. The van der Waals surface area contributed by atoms with Crippen LogP contribution in [-0.2, 0) is 6.54 Å². The third-order valence-electron chi connectivity index (χ3n) is 5.19. The van der Waals surface area contributed by atoms with Crippen molar-refractivity contribution in [3.63, 3.8) is 0 Å². The number of amides is 1. The highest BCUT2D eigenvalue weighted by atomic mass is 32.1. The number of nitrogens with zero attached hydrogens (tertiary/aromatic N) is 3. The summed E-state index contributed by atoms with van der Waals surface area (Å²) in [7, 11) is 0. The smallest absolute Gasteiger partial charge is 0.263 e. The summed E-state index contributed by atoms with van der Waals surface area (Å²) >= 11 is 1.37. The second-order valence-electron chi connectivity index (χ2n) is 7.42. The number of carbonyl (C=O) groups excluding carboxylic acids is 1. The number of aliphatic imine (C=N–C) groups is 1. The quantitative estimate of drug-likeness (QED) is 0.325. The van der Waals surface area contributed by atoms with Gasteiger partial charge in [-0.15, -0.1) is 11.3 Å². The van der Waals surface area contributed by atoms with Crippen molar-refractivity contribution in [3.05, 3.63) is 52.0 Å². The van der Waals surface area contributed by atoms with Crippen LogP contribution >= 0.6 is 11.3 Å². The lowest BCUT2D eigenvalue weighted by Gasteiger charge is -2.23. The number of benzene rings is 1. The summed E-state index contributed by atoms with van der Waals surface area (Å²) in [4.78, 5) is 24.3. The van der Waals surface area contributed by atoms with E-state index in [1.165, 1.54) is 29.7 Å². The molecule has 1 aromatic carbocycles. The van der Waals surface area contributed by atoms with Crippen LogP contribution in [0.3, 0.4) is 0 Å². The molecular formula is C22H32N6OS. The van der Waals surface area contributed by atoms with Gasteiger partial charge in [0.2, 0.25) is 0 Å². The Morgan fingerprint density at radius 3 is 2.77 bits per heavy atom. The summed E-state index contributed by atoms with van der Waals surface area (Å²) in [5, 5.41) is 9.55. The molecule has 1 aliphatic rings. The number of aromatic nitrogens is 1. The van der Waals surface area contributed by atoms with Crippen LogP contribution in [0.5, 0.6) is 0 Å². The number of nitrogens with one attached hydrogen (secondary N) is 3. The molecule has 7 nitrogen and oxygen atoms in total. The molecule has 1 amide bonds. The minimum absolute atomic E-state index is 0.0683. The predicted molar refractivity (Wildman–Crippen MR) is 123 cm³/mol. The average molecular weight is 429 g/mol. The number of guanidine groups is 1. The number of thiazole rings is 1. The zero-order valence-electron chi connectivity index (χ0n) is 17.9. The molecule has 2 heterocycles. The monoisotopic (exact) mass is 428 g/mol. The molecule has 0 radical (unpaired) electrons. The second-order valence-corrected chi connectivity index (χ2v) is 8.28. The molecule has 1 aromatic heterocycles. The SMILES string of the molecule is CCNC(=NCC1CCCN1Cc1ccccc1)NCCNC(=O)c1scnc1C. The summed E-state index contributed by atoms with van der Waals surface area (Å²) in [6.45, 7) is 8.74. The van der Waals surface area contributed by atoms with Gasteiger partial charge in [0.1, 0.15) is 4.88 Å². The van der Waals surface area contributed by atoms with Gasteiger partial charge in [-0.1, -0.05) is 30.3 Å². The van der Waals surface area contributed by atoms with Gasteiger partial charge >= 0.3 is 0 Å². The molecule has 30 heavy (non-hydrogen) atoms. The molecule has 1 unspecified atom stereocenters. The van der Waals surface area contributed by atoms with E-state index in [-0.39, 0.29) is 5.91 Å². The number of carbonyl (C=O) groups is 1. The van der Waals surface area contributed by atoms with Crippen molar-refractivity contribution in [2.24, 2.45) is 4.99 Å². The van der Waals surface area contributed by atoms with E-state index in [1.807, 2.05) is 6.92 Å². The van der Waals surface area contributed by atoms with Crippen molar-refractivity contribution in [1.29, 1.82) is 0 Å². The molecule has 162 valence electrons. The van der Waals surface area contributed by atoms with Crippen molar-refractivity contribution in [3.8, 4) is 0 Å². The Morgan fingerprint density at radius 1 is 1.23 bits per heavy atom. The van der Waals surface area contributed by atoms with E-state index in [9.17, 15) is 4.79 Å². The number of aryl methyl sites for hydroxylation is 1. The molecule has 1 atom stereocenters. The Labute approximate surface area is 183 Å². The number of hydrogen-bond acceptors (Lipinski definition) is 5. The molecule has 8 heteroatoms. The van der Waals surface area contributed by atoms with E-state index >= 15 is 0 Å². The Bertz CT molecular complexity index is 822. The summed E-state index contributed by atoms with van der Waals surface area (Å²) in [5.41, 5.74) is 3.82. The number of hydrogen-bond donors (Lipinski definition) is 3. The van der Waals surface area contributed by atoms with Crippen LogP contribution in [-0.4, -0.2) is 60.5 Å². The van der Waals surface area contributed by atoms with Gasteiger partial charge in [-0.3, -0.25) is 14.7 Å². The van der Waals surface area contributed by atoms with E-state index in [0.29, 0.717) is 24.0 Å². The molecular weight excluding hydrogens is 396 g/mol. The highest BCUT2D eigenvalue weighted by Crippen LogP contribution is 2.20. The Kier molecular flexibility index (Phi) is 8.65. The molecule has 0 bridgehead atoms. The van der Waals surface area contributed by atoms with Gasteiger partial charge < -0.3 is 16.0 Å². The summed E-state index contributed by atoms with van der Waals surface area (Å²) in [6.07, 6.45) is 2.40. The summed E-state index contributed by atoms with van der Waals surface area (Å²) < 4.78 is 0. The van der Waals surface area contributed by atoms with Crippen LogP contribution in [0, 0.1) is 6.92 Å². The van der Waals surface area contributed by atoms with Crippen molar-refractivity contribution in [1.82, 2.24) is 25.8 Å². The van der Waals surface area contributed by atoms with E-state index in [4.69, 9.17) is 4.99 Å². The molecule has 2 aromatic rings. The van der Waals surface area contributed by atoms with Gasteiger partial charge in [0.15, 0.2) is 5.96 Å². The molecule has 1 aliphatic heterocycles. The van der Waals surface area contributed by atoms with E-state index < -0.39 is 0 Å². The van der Waals surface area contributed by atoms with Crippen LogP contribution in [0.15, 0.2) is 40.8 Å². The third-order valence-corrected chi connectivity index (χ3v) is 6.11. The lowest BCUT2D eigenvalue weighted by molar-refractivity contribution is 0.0957. The number of rotatable bonds is 9. The first-order chi connectivity index (χ1) is 14.7. The number of likely N-dealkylation sites (tertiary alicyclic amines) is 1. The van der Waals surface area contributed by atoms with E-state index in [1.54, 1.807) is 5.51 Å². The van der Waals surface area contributed by atoms with Gasteiger partial charge in [0, 0.05) is 32.2 Å². The van der Waals surface area contributed by atoms with Crippen molar-refractivity contribution in [2.75, 3.05) is 32.7 Å². The Hall–Kier alpha value is -2.45. The van der Waals surface area contributed by atoms with Gasteiger partial charge in [-0.2, -0.15) is 0 Å². The lowest BCUT2D eigenvalue weighted by Crippen LogP contribution is -2.42. The maximum atomic E-state index is 12.2. The highest BCUT2D eigenvalue weighted by molar-refractivity contribution is 7.11. The van der Waals surface area contributed by atoms with Gasteiger partial charge in [-0.05, 0) is 38.8 Å². The maximum absolute atomic E-state index is 12.2. The largest absolute Gasteiger partial charge is 0.357 e. The third kappa shape index (κ3) is 6.53. The molecule has 0 saturated carbocycles. The zero-order valence-corrected chi connectivity index (χ0v) is 18.7. The predicted octanol–water partition coefficient (Wildman–Crippen LogP) is 2.40. The van der Waals surface area contributed by atoms with Crippen molar-refractivity contribution >= 4 is 23.2 Å². The average Bonchev–Trinajstić information content (AvgIpc) is 3.38. The minimum atomic E-state index is -0.0683.